The molecule has 0 bridgehead atoms. The molecule has 190 valence electrons. The summed E-state index contributed by atoms with van der Waals surface area (Å²) in [4.78, 5) is 14.9. The van der Waals surface area contributed by atoms with Crippen LogP contribution in [-0.2, 0) is 19.6 Å². The fourth-order valence-electron chi connectivity index (χ4n) is 4.43. The first-order chi connectivity index (χ1) is 17.1. The lowest BCUT2D eigenvalue weighted by molar-refractivity contribution is 0.200. The topological polar surface area (TPSA) is 103 Å². The fraction of sp³-hybridized carbons (Fsp3) is 0.500. The number of carbonyl (C=O) groups excluding carboxylic acids is 1. The standard InChI is InChI=1S/C28H41N5O2/c1-22-14-15-26-25(19-22)20-31-27(30)32-28(34)33(17-9-5-3-2-4-8-16-29)18-10-13-23-11-6-7-12-24(23)21-35-26/h6-7,11-12,14-15,19H,2-5,8-10,13,16-18,20-21,29H2,1H3,(H3,30,31,32,34). The number of nitrogens with two attached hydrogens (primary N) is 1. The van der Waals surface area contributed by atoms with Crippen LogP contribution >= 0.6 is 0 Å². The molecule has 0 aromatic heterocycles. The number of nitrogens with one attached hydrogen (secondary N) is 3. The Morgan fingerprint density at radius 2 is 1.74 bits per heavy atom. The average Bonchev–Trinajstić information content (AvgIpc) is 2.85. The minimum absolute atomic E-state index is 0.00685. The van der Waals surface area contributed by atoms with E-state index in [0.29, 0.717) is 26.2 Å². The second-order valence-electron chi connectivity index (χ2n) is 9.33. The van der Waals surface area contributed by atoms with Crippen LogP contribution in [0.25, 0.3) is 0 Å². The predicted molar refractivity (Wildman–Crippen MR) is 142 cm³/mol. The minimum atomic E-state index is -0.213. The van der Waals surface area contributed by atoms with Crippen molar-refractivity contribution in [2.75, 3.05) is 19.6 Å². The first kappa shape index (κ1) is 26.5. The molecule has 0 saturated heterocycles. The number of ether oxygens (including phenoxy) is 1. The Bertz CT molecular complexity index is 962. The summed E-state index contributed by atoms with van der Waals surface area (Å²) in [6.07, 6.45) is 8.41. The van der Waals surface area contributed by atoms with Gasteiger partial charge in [-0.15, -0.1) is 0 Å². The molecular formula is C28H41N5O2. The lowest BCUT2D eigenvalue weighted by Gasteiger charge is -2.23. The SMILES string of the molecule is Cc1ccc2c(c1)CNC(=N)NC(=O)N(CCCCCCCCN)CCCc1ccccc1CO2. The summed E-state index contributed by atoms with van der Waals surface area (Å²) in [7, 11) is 0. The van der Waals surface area contributed by atoms with Crippen LogP contribution in [0.4, 0.5) is 4.79 Å². The van der Waals surface area contributed by atoms with Gasteiger partial charge in [0.1, 0.15) is 12.4 Å². The first-order valence-electron chi connectivity index (χ1n) is 12.9. The normalized spacial score (nSPS) is 15.1. The van der Waals surface area contributed by atoms with Gasteiger partial charge in [-0.25, -0.2) is 4.79 Å². The van der Waals surface area contributed by atoms with Crippen molar-refractivity contribution in [2.45, 2.75) is 71.4 Å². The largest absolute Gasteiger partial charge is 0.489 e. The molecule has 0 atom stereocenters. The van der Waals surface area contributed by atoms with Gasteiger partial charge >= 0.3 is 6.03 Å². The fourth-order valence-corrected chi connectivity index (χ4v) is 4.43. The van der Waals surface area contributed by atoms with Gasteiger partial charge in [-0.05, 0) is 56.3 Å². The zero-order valence-electron chi connectivity index (χ0n) is 21.1. The number of guanidine groups is 1. The van der Waals surface area contributed by atoms with Crippen LogP contribution in [0, 0.1) is 12.3 Å². The number of benzene rings is 2. The number of carbonyl (C=O) groups is 1. The van der Waals surface area contributed by atoms with E-state index in [4.69, 9.17) is 15.9 Å². The van der Waals surface area contributed by atoms with Crippen LogP contribution in [0.1, 0.15) is 67.2 Å². The molecule has 0 spiro atoms. The van der Waals surface area contributed by atoms with Crippen LogP contribution in [0.3, 0.4) is 0 Å². The summed E-state index contributed by atoms with van der Waals surface area (Å²) in [5.74, 6) is 0.799. The van der Waals surface area contributed by atoms with Crippen molar-refractivity contribution < 1.29 is 9.53 Å². The average molecular weight is 480 g/mol. The number of hydrogen-bond acceptors (Lipinski definition) is 4. The van der Waals surface area contributed by atoms with Gasteiger partial charge in [-0.3, -0.25) is 10.7 Å². The Morgan fingerprint density at radius 3 is 2.54 bits per heavy atom. The number of nitrogens with zero attached hydrogens (tertiary/aromatic N) is 1. The third-order valence-electron chi connectivity index (χ3n) is 6.45. The molecule has 1 heterocycles. The number of aryl methyl sites for hydroxylation is 2. The maximum absolute atomic E-state index is 13.0. The molecule has 1 aliphatic rings. The van der Waals surface area contributed by atoms with Gasteiger partial charge in [0.15, 0.2) is 5.96 Å². The Kier molecular flexibility index (Phi) is 10.9. The molecule has 0 saturated carbocycles. The molecule has 7 heteroatoms. The van der Waals surface area contributed by atoms with Gasteiger partial charge < -0.3 is 20.7 Å². The highest BCUT2D eigenvalue weighted by Crippen LogP contribution is 2.23. The Morgan fingerprint density at radius 1 is 1.00 bits per heavy atom. The van der Waals surface area contributed by atoms with Crippen molar-refractivity contribution in [1.82, 2.24) is 15.5 Å². The molecular weight excluding hydrogens is 438 g/mol. The molecule has 0 radical (unpaired) electrons. The van der Waals surface area contributed by atoms with E-state index in [9.17, 15) is 4.79 Å². The lowest BCUT2D eigenvalue weighted by atomic mass is 10.0. The number of fused-ring (bicyclic) bond motifs is 2. The molecule has 0 fully saturated rings. The summed E-state index contributed by atoms with van der Waals surface area (Å²) >= 11 is 0. The van der Waals surface area contributed by atoms with Crippen LogP contribution < -0.4 is 21.1 Å². The molecule has 2 aromatic carbocycles. The van der Waals surface area contributed by atoms with E-state index in [0.717, 1.165) is 55.5 Å². The summed E-state index contributed by atoms with van der Waals surface area (Å²) < 4.78 is 6.21. The highest BCUT2D eigenvalue weighted by molar-refractivity contribution is 5.94. The summed E-state index contributed by atoms with van der Waals surface area (Å²) in [5, 5.41) is 14.0. The van der Waals surface area contributed by atoms with Crippen molar-refractivity contribution >= 4 is 12.0 Å². The minimum Gasteiger partial charge on any atom is -0.489 e. The molecule has 1 aliphatic heterocycles. The molecule has 2 amide bonds. The van der Waals surface area contributed by atoms with E-state index < -0.39 is 0 Å². The molecule has 35 heavy (non-hydrogen) atoms. The molecule has 5 N–H and O–H groups in total. The third-order valence-corrected chi connectivity index (χ3v) is 6.45. The quantitative estimate of drug-likeness (QED) is 0.406. The van der Waals surface area contributed by atoms with Crippen LogP contribution in [0.5, 0.6) is 5.75 Å². The molecule has 7 nitrogen and oxygen atoms in total. The highest BCUT2D eigenvalue weighted by atomic mass is 16.5. The van der Waals surface area contributed by atoms with Crippen LogP contribution in [0.15, 0.2) is 42.5 Å². The number of urea groups is 1. The number of rotatable bonds is 8. The van der Waals surface area contributed by atoms with Crippen LogP contribution in [0.2, 0.25) is 0 Å². The zero-order valence-corrected chi connectivity index (χ0v) is 21.1. The van der Waals surface area contributed by atoms with Crippen molar-refractivity contribution in [3.05, 3.63) is 64.7 Å². The molecule has 3 rings (SSSR count). The van der Waals surface area contributed by atoms with E-state index in [-0.39, 0.29) is 12.0 Å². The lowest BCUT2D eigenvalue weighted by Crippen LogP contribution is -2.47. The third kappa shape index (κ3) is 8.91. The number of hydrogen-bond donors (Lipinski definition) is 4. The van der Waals surface area contributed by atoms with Gasteiger partial charge in [-0.1, -0.05) is 67.6 Å². The Balaban J connectivity index is 1.69. The predicted octanol–water partition coefficient (Wildman–Crippen LogP) is 4.86. The maximum atomic E-state index is 13.0. The first-order valence-corrected chi connectivity index (χ1v) is 12.9. The molecule has 2 aromatic rings. The summed E-state index contributed by atoms with van der Waals surface area (Å²) in [6.45, 7) is 5.04. The van der Waals surface area contributed by atoms with E-state index in [1.807, 2.05) is 30.0 Å². The zero-order chi connectivity index (χ0) is 24.9. The number of unbranched alkanes of at least 4 members (excludes halogenated alkanes) is 5. The number of amides is 2. The van der Waals surface area contributed by atoms with Gasteiger partial charge in [0.2, 0.25) is 0 Å². The second-order valence-corrected chi connectivity index (χ2v) is 9.33. The van der Waals surface area contributed by atoms with Gasteiger partial charge in [0, 0.05) is 25.2 Å². The van der Waals surface area contributed by atoms with E-state index >= 15 is 0 Å². The van der Waals surface area contributed by atoms with E-state index in [1.54, 1.807) is 0 Å². The van der Waals surface area contributed by atoms with Crippen molar-refractivity contribution in [3.63, 3.8) is 0 Å². The van der Waals surface area contributed by atoms with Gasteiger partial charge in [0.05, 0.1) is 0 Å². The smallest absolute Gasteiger partial charge is 0.324 e. The van der Waals surface area contributed by atoms with Gasteiger partial charge in [0.25, 0.3) is 0 Å². The van der Waals surface area contributed by atoms with Crippen molar-refractivity contribution in [2.24, 2.45) is 5.73 Å². The van der Waals surface area contributed by atoms with E-state index in [2.05, 4.69) is 34.9 Å². The van der Waals surface area contributed by atoms with Gasteiger partial charge in [-0.2, -0.15) is 0 Å². The second kappa shape index (κ2) is 14.4. The Labute approximate surface area is 209 Å². The van der Waals surface area contributed by atoms with Crippen molar-refractivity contribution in [1.29, 1.82) is 5.41 Å². The summed E-state index contributed by atoms with van der Waals surface area (Å²) in [5.41, 5.74) is 10.1. The Hall–Kier alpha value is -3.06. The summed E-state index contributed by atoms with van der Waals surface area (Å²) in [6, 6.07) is 14.2. The van der Waals surface area contributed by atoms with Crippen LogP contribution in [-0.4, -0.2) is 36.5 Å². The van der Waals surface area contributed by atoms with Crippen molar-refractivity contribution in [3.8, 4) is 5.75 Å². The van der Waals surface area contributed by atoms with E-state index in [1.165, 1.54) is 30.4 Å². The molecule has 0 unspecified atom stereocenters. The maximum Gasteiger partial charge on any atom is 0.324 e. The monoisotopic (exact) mass is 479 g/mol. The highest BCUT2D eigenvalue weighted by Gasteiger charge is 2.16. The molecule has 0 aliphatic carbocycles.